The van der Waals surface area contributed by atoms with Crippen LogP contribution >= 0.6 is 32.9 Å². The van der Waals surface area contributed by atoms with E-state index in [4.69, 9.17) is 12.2 Å². The van der Waals surface area contributed by atoms with Gasteiger partial charge in [-0.2, -0.15) is 0 Å². The average molecular weight is 364 g/mol. The first kappa shape index (κ1) is 16.8. The highest BCUT2D eigenvalue weighted by atomic mass is 32.9. The van der Waals surface area contributed by atoms with Crippen molar-refractivity contribution in [1.29, 1.82) is 0 Å². The van der Waals surface area contributed by atoms with Gasteiger partial charge in [-0.3, -0.25) is 4.79 Å². The molecule has 0 spiro atoms. The van der Waals surface area contributed by atoms with Gasteiger partial charge in [0.05, 0.1) is 16.1 Å². The average Bonchev–Trinajstić information content (AvgIpc) is 2.90. The minimum Gasteiger partial charge on any atom is -0.301 e. The van der Waals surface area contributed by atoms with Crippen LogP contribution in [0.2, 0.25) is 0 Å². The largest absolute Gasteiger partial charge is 0.301 e. The molecule has 0 bridgehead atoms. The Morgan fingerprint density at radius 2 is 2.04 bits per heavy atom. The van der Waals surface area contributed by atoms with E-state index >= 15 is 0 Å². The van der Waals surface area contributed by atoms with Gasteiger partial charge in [0.25, 0.3) is 0 Å². The van der Waals surface area contributed by atoms with Crippen LogP contribution in [-0.4, -0.2) is 5.91 Å². The number of carbonyl (C=O) groups excluding carboxylic acids is 1. The number of nitrogens with zero attached hydrogens (tertiary/aromatic N) is 1. The van der Waals surface area contributed by atoms with Crippen molar-refractivity contribution in [2.24, 2.45) is 5.92 Å². The lowest BCUT2D eigenvalue weighted by Crippen LogP contribution is -2.49. The van der Waals surface area contributed by atoms with Gasteiger partial charge < -0.3 is 4.90 Å². The quantitative estimate of drug-likeness (QED) is 0.471. The highest BCUT2D eigenvalue weighted by molar-refractivity contribution is 7.80. The Kier molecular flexibility index (Phi) is 4.23. The molecule has 0 N–H and O–H groups in total. The predicted octanol–water partition coefficient (Wildman–Crippen LogP) is 6.14. The second-order valence-electron chi connectivity index (χ2n) is 6.72. The lowest BCUT2D eigenvalue weighted by atomic mass is 9.85. The Morgan fingerprint density at radius 1 is 1.35 bits per heavy atom. The molecule has 1 aliphatic heterocycles. The molecule has 122 valence electrons. The zero-order valence-corrected chi connectivity index (χ0v) is 16.5. The van der Waals surface area contributed by atoms with Crippen molar-refractivity contribution in [3.8, 4) is 11.1 Å². The number of fused-ring (bicyclic) bond motifs is 3. The van der Waals surface area contributed by atoms with Crippen molar-refractivity contribution in [2.75, 3.05) is 4.90 Å². The van der Waals surface area contributed by atoms with Gasteiger partial charge >= 0.3 is 0 Å². The lowest BCUT2D eigenvalue weighted by molar-refractivity contribution is -0.123. The number of rotatable bonds is 2. The molecule has 0 fully saturated rings. The van der Waals surface area contributed by atoms with Crippen molar-refractivity contribution >= 4 is 44.5 Å². The fraction of sp³-hybridized carbons (Fsp3) is 0.444. The summed E-state index contributed by atoms with van der Waals surface area (Å²) in [4.78, 5) is 16.3. The van der Waals surface area contributed by atoms with E-state index in [0.29, 0.717) is 0 Å². The molecule has 1 aromatic carbocycles. The van der Waals surface area contributed by atoms with Crippen molar-refractivity contribution in [3.63, 3.8) is 0 Å². The number of carbonyl (C=O) groups is 1. The zero-order chi connectivity index (χ0) is 16.9. The van der Waals surface area contributed by atoms with Crippen LogP contribution in [0.25, 0.3) is 11.1 Å². The molecule has 5 heteroatoms. The second-order valence-corrected chi connectivity index (χ2v) is 9.54. The van der Waals surface area contributed by atoms with Crippen LogP contribution in [-0.2, 0) is 10.3 Å². The van der Waals surface area contributed by atoms with Gasteiger partial charge in [-0.05, 0) is 39.3 Å². The Bertz CT molecular complexity index is 831. The summed E-state index contributed by atoms with van der Waals surface area (Å²) in [6.07, 6.45) is 0.846. The van der Waals surface area contributed by atoms with Crippen LogP contribution in [0.5, 0.6) is 0 Å². The van der Waals surface area contributed by atoms with Crippen LogP contribution < -0.4 is 4.90 Å². The normalized spacial score (nSPS) is 16.7. The monoisotopic (exact) mass is 363 g/mol. The van der Waals surface area contributed by atoms with Crippen molar-refractivity contribution < 1.29 is 4.79 Å². The summed E-state index contributed by atoms with van der Waals surface area (Å²) < 4.78 is 0.931. The molecule has 2 heterocycles. The van der Waals surface area contributed by atoms with E-state index in [0.717, 1.165) is 27.1 Å². The fourth-order valence-corrected chi connectivity index (χ4v) is 6.41. The van der Waals surface area contributed by atoms with E-state index in [1.54, 1.807) is 20.7 Å². The molecular weight excluding hydrogens is 342 g/mol. The van der Waals surface area contributed by atoms with E-state index in [-0.39, 0.29) is 17.4 Å². The molecule has 0 unspecified atom stereocenters. The number of benzene rings is 1. The van der Waals surface area contributed by atoms with E-state index in [1.807, 2.05) is 11.8 Å². The molecule has 0 saturated heterocycles. The molecule has 3 rings (SSSR count). The molecule has 0 saturated carbocycles. The molecule has 2 aromatic rings. The van der Waals surface area contributed by atoms with Crippen LogP contribution in [0.4, 0.5) is 5.69 Å². The minimum absolute atomic E-state index is 0.0107. The summed E-state index contributed by atoms with van der Waals surface area (Å²) in [5, 5.41) is 0. The van der Waals surface area contributed by atoms with E-state index in [9.17, 15) is 4.79 Å². The van der Waals surface area contributed by atoms with Crippen molar-refractivity contribution in [3.05, 3.63) is 32.5 Å². The zero-order valence-electron chi connectivity index (χ0n) is 14.1. The maximum atomic E-state index is 13.1. The van der Waals surface area contributed by atoms with Gasteiger partial charge in [0.2, 0.25) is 5.91 Å². The van der Waals surface area contributed by atoms with Gasteiger partial charge in [0, 0.05) is 17.0 Å². The first-order valence-corrected chi connectivity index (χ1v) is 10.4. The van der Waals surface area contributed by atoms with Gasteiger partial charge in [-0.1, -0.05) is 58.4 Å². The van der Waals surface area contributed by atoms with Gasteiger partial charge in [0.1, 0.15) is 3.82 Å². The maximum Gasteiger partial charge on any atom is 0.230 e. The molecule has 1 aliphatic rings. The van der Waals surface area contributed by atoms with E-state index in [1.165, 1.54) is 10.4 Å². The minimum atomic E-state index is -0.365. The maximum absolute atomic E-state index is 13.1. The SMILES string of the molecule is CC[C@@H](C)C(=O)N1c2ccc(C)cc2-c2c(ssc2=S)C1(C)C. The Balaban J connectivity index is 2.32. The smallest absolute Gasteiger partial charge is 0.230 e. The highest BCUT2D eigenvalue weighted by Gasteiger charge is 2.43. The summed E-state index contributed by atoms with van der Waals surface area (Å²) in [7, 11) is 3.35. The highest BCUT2D eigenvalue weighted by Crippen LogP contribution is 2.52. The molecule has 0 aliphatic carbocycles. The van der Waals surface area contributed by atoms with Gasteiger partial charge in [-0.25, -0.2) is 0 Å². The number of anilines is 1. The lowest BCUT2D eigenvalue weighted by Gasteiger charge is -2.44. The van der Waals surface area contributed by atoms with Crippen LogP contribution in [0.3, 0.4) is 0 Å². The standard InChI is InChI=1S/C18H21NOS3/c1-6-11(3)16(20)19-13-8-7-10(2)9-12(13)14-15(18(19,4)5)22-23-17(14)21/h7-9,11H,6H2,1-5H3/t11-/m1/s1. The molecular formula is C18H21NOS3. The van der Waals surface area contributed by atoms with Crippen molar-refractivity contribution in [1.82, 2.24) is 0 Å². The van der Waals surface area contributed by atoms with E-state index in [2.05, 4.69) is 45.9 Å². The summed E-state index contributed by atoms with van der Waals surface area (Å²) >= 11 is 5.60. The summed E-state index contributed by atoms with van der Waals surface area (Å²) in [5.74, 6) is 0.203. The topological polar surface area (TPSA) is 20.3 Å². The molecule has 23 heavy (non-hydrogen) atoms. The molecule has 0 radical (unpaired) electrons. The molecule has 1 atom stereocenters. The second kappa shape index (κ2) is 5.80. The number of amides is 1. The third-order valence-corrected chi connectivity index (χ3v) is 7.99. The molecule has 1 aromatic heterocycles. The van der Waals surface area contributed by atoms with Gasteiger partial charge in [0.15, 0.2) is 0 Å². The van der Waals surface area contributed by atoms with Crippen LogP contribution in [0.1, 0.15) is 44.6 Å². The molecule has 2 nitrogen and oxygen atoms in total. The number of hydrogen-bond acceptors (Lipinski definition) is 4. The Morgan fingerprint density at radius 3 is 2.70 bits per heavy atom. The Hall–Kier alpha value is -1.04. The molecule has 1 amide bonds. The first-order chi connectivity index (χ1) is 10.8. The number of aryl methyl sites for hydroxylation is 1. The third-order valence-electron chi connectivity index (χ3n) is 4.66. The fourth-order valence-electron chi connectivity index (χ4n) is 3.13. The summed E-state index contributed by atoms with van der Waals surface area (Å²) in [6.45, 7) is 10.4. The Labute approximate surface area is 150 Å². The van der Waals surface area contributed by atoms with Crippen LogP contribution in [0.15, 0.2) is 18.2 Å². The third kappa shape index (κ3) is 2.49. The first-order valence-electron chi connectivity index (χ1n) is 7.87. The predicted molar refractivity (Wildman–Crippen MR) is 103 cm³/mol. The van der Waals surface area contributed by atoms with Crippen LogP contribution in [0, 0.1) is 16.7 Å². The summed E-state index contributed by atoms with van der Waals surface area (Å²) in [5.41, 5.74) is 4.09. The van der Waals surface area contributed by atoms with E-state index < -0.39 is 0 Å². The van der Waals surface area contributed by atoms with Gasteiger partial charge in [-0.15, -0.1) is 0 Å². The summed E-state index contributed by atoms with van der Waals surface area (Å²) in [6, 6.07) is 6.32. The van der Waals surface area contributed by atoms with Crippen molar-refractivity contribution in [2.45, 2.75) is 46.6 Å². The number of hydrogen-bond donors (Lipinski definition) is 0.